The van der Waals surface area contributed by atoms with Crippen molar-refractivity contribution in [1.82, 2.24) is 15.1 Å². The molecule has 140 valence electrons. The number of aromatic amines is 1. The lowest BCUT2D eigenvalue weighted by Gasteiger charge is -2.37. The zero-order valence-electron chi connectivity index (χ0n) is 14.9. The fourth-order valence-corrected chi connectivity index (χ4v) is 3.63. The number of anilines is 1. The minimum atomic E-state index is -0.529. The number of nitrogens with one attached hydrogen (secondary N) is 1. The molecule has 6 nitrogen and oxygen atoms in total. The second-order valence-electron chi connectivity index (χ2n) is 6.89. The van der Waals surface area contributed by atoms with Gasteiger partial charge in [-0.25, -0.2) is 0 Å². The molecule has 0 spiro atoms. The van der Waals surface area contributed by atoms with E-state index in [9.17, 15) is 4.79 Å². The van der Waals surface area contributed by atoms with Crippen molar-refractivity contribution in [3.05, 3.63) is 59.2 Å². The first-order valence-electron chi connectivity index (χ1n) is 9.07. The van der Waals surface area contributed by atoms with Crippen LogP contribution in [0.25, 0.3) is 10.9 Å². The molecule has 1 aromatic heterocycles. The van der Waals surface area contributed by atoms with E-state index < -0.39 is 6.04 Å². The highest BCUT2D eigenvalue weighted by molar-refractivity contribution is 6.30. The summed E-state index contributed by atoms with van der Waals surface area (Å²) in [6.07, 6.45) is 2.34. The van der Waals surface area contributed by atoms with Crippen LogP contribution in [-0.4, -0.2) is 53.2 Å². The Balaban J connectivity index is 1.35. The summed E-state index contributed by atoms with van der Waals surface area (Å²) < 4.78 is 0. The number of amides is 1. The summed E-state index contributed by atoms with van der Waals surface area (Å²) in [5, 5.41) is 8.85. The maximum atomic E-state index is 12.7. The predicted molar refractivity (Wildman–Crippen MR) is 108 cm³/mol. The van der Waals surface area contributed by atoms with E-state index >= 15 is 0 Å². The second kappa shape index (κ2) is 7.58. The summed E-state index contributed by atoms with van der Waals surface area (Å²) in [6, 6.07) is 13.2. The van der Waals surface area contributed by atoms with Gasteiger partial charge in [0.05, 0.1) is 17.8 Å². The quantitative estimate of drug-likeness (QED) is 0.725. The molecule has 0 aliphatic carbocycles. The van der Waals surface area contributed by atoms with E-state index in [2.05, 4.69) is 33.3 Å². The van der Waals surface area contributed by atoms with Gasteiger partial charge in [-0.1, -0.05) is 23.7 Å². The van der Waals surface area contributed by atoms with Crippen LogP contribution in [-0.2, 0) is 11.2 Å². The molecule has 0 radical (unpaired) electrons. The van der Waals surface area contributed by atoms with Gasteiger partial charge in [0.2, 0.25) is 5.91 Å². The zero-order valence-corrected chi connectivity index (χ0v) is 15.7. The summed E-state index contributed by atoms with van der Waals surface area (Å²) in [5.41, 5.74) is 9.35. The van der Waals surface area contributed by atoms with Gasteiger partial charge < -0.3 is 15.5 Å². The first-order chi connectivity index (χ1) is 13.1. The number of halogens is 1. The highest BCUT2D eigenvalue weighted by Crippen LogP contribution is 2.22. The average molecular weight is 384 g/mol. The number of nitrogens with zero attached hydrogens (tertiary/aromatic N) is 3. The minimum absolute atomic E-state index is 0.00798. The molecule has 1 amide bonds. The van der Waals surface area contributed by atoms with E-state index in [1.54, 1.807) is 0 Å². The Morgan fingerprint density at radius 3 is 2.63 bits per heavy atom. The second-order valence-corrected chi connectivity index (χ2v) is 7.33. The Morgan fingerprint density at radius 2 is 1.89 bits per heavy atom. The summed E-state index contributed by atoms with van der Waals surface area (Å²) in [4.78, 5) is 16.8. The lowest BCUT2D eigenvalue weighted by Crippen LogP contribution is -2.53. The van der Waals surface area contributed by atoms with Gasteiger partial charge in [0.1, 0.15) is 0 Å². The molecular weight excluding hydrogens is 362 g/mol. The number of benzene rings is 2. The number of H-pyrrole nitrogens is 1. The molecule has 2 heterocycles. The van der Waals surface area contributed by atoms with Crippen LogP contribution in [0.2, 0.25) is 5.02 Å². The van der Waals surface area contributed by atoms with E-state index in [1.165, 1.54) is 0 Å². The van der Waals surface area contributed by atoms with Gasteiger partial charge in [-0.05, 0) is 42.3 Å². The van der Waals surface area contributed by atoms with Gasteiger partial charge in [0.25, 0.3) is 0 Å². The first-order valence-corrected chi connectivity index (χ1v) is 9.45. The fraction of sp³-hybridized carbons (Fsp3) is 0.300. The molecule has 3 aromatic rings. The minimum Gasteiger partial charge on any atom is -0.368 e. The number of fused-ring (bicyclic) bond motifs is 1. The highest BCUT2D eigenvalue weighted by atomic mass is 35.5. The Kier molecular flexibility index (Phi) is 5.01. The third-order valence-corrected chi connectivity index (χ3v) is 5.32. The maximum absolute atomic E-state index is 12.7. The molecule has 7 heteroatoms. The number of aromatic nitrogens is 2. The Morgan fingerprint density at radius 1 is 1.15 bits per heavy atom. The molecule has 4 rings (SSSR count). The standard InChI is InChI=1S/C20H22ClN5O/c21-16-4-1-14(2-5-16)11-18(22)20(27)26-9-7-25(8-10-26)17-6-3-15-13-23-24-19(15)12-17/h1-6,12-13,18H,7-11,22H2,(H,23,24). The first kappa shape index (κ1) is 17.8. The van der Waals surface area contributed by atoms with E-state index in [-0.39, 0.29) is 5.91 Å². The Bertz CT molecular complexity index is 931. The van der Waals surface area contributed by atoms with Gasteiger partial charge in [-0.2, -0.15) is 5.10 Å². The molecule has 1 atom stereocenters. The molecule has 27 heavy (non-hydrogen) atoms. The topological polar surface area (TPSA) is 78.2 Å². The van der Waals surface area contributed by atoms with Crippen LogP contribution in [0.3, 0.4) is 0 Å². The predicted octanol–water partition coefficient (Wildman–Crippen LogP) is 2.43. The SMILES string of the molecule is NC(Cc1ccc(Cl)cc1)C(=O)N1CCN(c2ccc3cn[nH]c3c2)CC1. The zero-order chi connectivity index (χ0) is 18.8. The van der Waals surface area contributed by atoms with Gasteiger partial charge in [-0.15, -0.1) is 0 Å². The summed E-state index contributed by atoms with van der Waals surface area (Å²) >= 11 is 5.91. The number of nitrogens with two attached hydrogens (primary N) is 1. The van der Waals surface area contributed by atoms with Crippen molar-refractivity contribution in [3.63, 3.8) is 0 Å². The van der Waals surface area contributed by atoms with E-state index in [0.717, 1.165) is 35.2 Å². The maximum Gasteiger partial charge on any atom is 0.239 e. The van der Waals surface area contributed by atoms with Crippen molar-refractivity contribution in [2.45, 2.75) is 12.5 Å². The summed E-state index contributed by atoms with van der Waals surface area (Å²) in [7, 11) is 0. The monoisotopic (exact) mass is 383 g/mol. The molecule has 1 saturated heterocycles. The van der Waals surface area contributed by atoms with Crippen LogP contribution < -0.4 is 10.6 Å². The largest absolute Gasteiger partial charge is 0.368 e. The van der Waals surface area contributed by atoms with Crippen LogP contribution >= 0.6 is 11.6 Å². The lowest BCUT2D eigenvalue weighted by molar-refractivity contribution is -0.132. The van der Waals surface area contributed by atoms with Gasteiger partial charge in [0, 0.05) is 42.3 Å². The molecule has 0 bridgehead atoms. The molecular formula is C20H22ClN5O. The molecule has 2 aromatic carbocycles. The molecule has 0 saturated carbocycles. The smallest absolute Gasteiger partial charge is 0.239 e. The number of carbonyl (C=O) groups excluding carboxylic acids is 1. The fourth-order valence-electron chi connectivity index (χ4n) is 3.50. The van der Waals surface area contributed by atoms with Crippen LogP contribution in [0, 0.1) is 0 Å². The highest BCUT2D eigenvalue weighted by Gasteiger charge is 2.25. The number of piperazine rings is 1. The van der Waals surface area contributed by atoms with E-state index in [4.69, 9.17) is 17.3 Å². The van der Waals surface area contributed by atoms with Crippen LogP contribution in [0.5, 0.6) is 0 Å². The van der Waals surface area contributed by atoms with Crippen LogP contribution in [0.4, 0.5) is 5.69 Å². The number of hydrogen-bond acceptors (Lipinski definition) is 4. The molecule has 1 aliphatic heterocycles. The normalized spacial score (nSPS) is 15.9. The Hall–Kier alpha value is -2.57. The van der Waals surface area contributed by atoms with E-state index in [0.29, 0.717) is 24.5 Å². The van der Waals surface area contributed by atoms with Crippen molar-refractivity contribution in [2.24, 2.45) is 5.73 Å². The van der Waals surface area contributed by atoms with Crippen LogP contribution in [0.15, 0.2) is 48.7 Å². The van der Waals surface area contributed by atoms with Crippen molar-refractivity contribution < 1.29 is 4.79 Å². The third-order valence-electron chi connectivity index (χ3n) is 5.07. The Labute approximate surface area is 162 Å². The number of carbonyl (C=O) groups is 1. The van der Waals surface area contributed by atoms with Crippen molar-refractivity contribution in [2.75, 3.05) is 31.1 Å². The van der Waals surface area contributed by atoms with Gasteiger partial charge in [-0.3, -0.25) is 9.89 Å². The van der Waals surface area contributed by atoms with Crippen molar-refractivity contribution in [3.8, 4) is 0 Å². The number of hydrogen-bond donors (Lipinski definition) is 2. The summed E-state index contributed by atoms with van der Waals surface area (Å²) in [6.45, 7) is 2.93. The van der Waals surface area contributed by atoms with Gasteiger partial charge >= 0.3 is 0 Å². The van der Waals surface area contributed by atoms with Crippen LogP contribution in [0.1, 0.15) is 5.56 Å². The lowest BCUT2D eigenvalue weighted by atomic mass is 10.1. The molecule has 1 aliphatic rings. The van der Waals surface area contributed by atoms with Crippen molar-refractivity contribution in [1.29, 1.82) is 0 Å². The summed E-state index contributed by atoms with van der Waals surface area (Å²) in [5.74, 6) is 0.00798. The average Bonchev–Trinajstić information content (AvgIpc) is 3.17. The van der Waals surface area contributed by atoms with Crippen molar-refractivity contribution >= 4 is 34.1 Å². The number of rotatable bonds is 4. The van der Waals surface area contributed by atoms with Gasteiger partial charge in [0.15, 0.2) is 0 Å². The molecule has 1 unspecified atom stereocenters. The third kappa shape index (κ3) is 3.91. The molecule has 1 fully saturated rings. The molecule has 3 N–H and O–H groups in total. The van der Waals surface area contributed by atoms with E-state index in [1.807, 2.05) is 35.4 Å².